The first-order chi connectivity index (χ1) is 16.4. The quantitative estimate of drug-likeness (QED) is 0.495. The molecule has 2 heterocycles. The lowest BCUT2D eigenvalue weighted by Crippen LogP contribution is -2.47. The number of aliphatic hydroxyl groups excluding tert-OH is 2. The lowest BCUT2D eigenvalue weighted by molar-refractivity contribution is -0.272. The number of carbonyl (C=O) groups excluding carboxylic acids is 1. The summed E-state index contributed by atoms with van der Waals surface area (Å²) in [6.45, 7) is 2.83. The van der Waals surface area contributed by atoms with Crippen LogP contribution in [0, 0.1) is 17.6 Å². The van der Waals surface area contributed by atoms with Crippen molar-refractivity contribution in [2.45, 2.75) is 50.7 Å². The maximum Gasteiger partial charge on any atom is 0.417 e. The monoisotopic (exact) mass is 504 g/mol. The average Bonchev–Trinajstić information content (AvgIpc) is 3.09. The highest BCUT2D eigenvalue weighted by Gasteiger charge is 2.65. The molecule has 3 rings (SSSR count). The molecule has 35 heavy (non-hydrogen) atoms. The number of aliphatic hydroxyl groups is 2. The maximum atomic E-state index is 14.6. The fraction of sp³-hybridized carbons (Fsp3) is 0.478. The molecule has 1 fully saturated rings. The molecule has 1 aromatic carbocycles. The number of rotatable bonds is 7. The molecule has 2 aromatic rings. The van der Waals surface area contributed by atoms with Crippen LogP contribution in [0.25, 0.3) is 0 Å². The molecule has 7 nitrogen and oxygen atoms in total. The van der Waals surface area contributed by atoms with Gasteiger partial charge in [0.2, 0.25) is 5.82 Å². The van der Waals surface area contributed by atoms with Crippen molar-refractivity contribution in [3.63, 3.8) is 0 Å². The largest absolute Gasteiger partial charge is 0.490 e. The number of anilines is 1. The maximum absolute atomic E-state index is 14.6. The van der Waals surface area contributed by atoms with E-state index in [1.807, 2.05) is 0 Å². The Morgan fingerprint density at radius 3 is 2.51 bits per heavy atom. The normalized spacial score (nSPS) is 25.4. The lowest BCUT2D eigenvalue weighted by atomic mass is 9.77. The lowest BCUT2D eigenvalue weighted by Gasteiger charge is -2.32. The third kappa shape index (κ3) is 4.95. The molecule has 0 bridgehead atoms. The van der Waals surface area contributed by atoms with Crippen LogP contribution in [0.15, 0.2) is 30.5 Å². The zero-order chi connectivity index (χ0) is 26.1. The minimum Gasteiger partial charge on any atom is -0.490 e. The summed E-state index contributed by atoms with van der Waals surface area (Å²) >= 11 is 0. The molecule has 0 unspecified atom stereocenters. The predicted octanol–water partition coefficient (Wildman–Crippen LogP) is 3.86. The van der Waals surface area contributed by atoms with E-state index in [-0.39, 0.29) is 23.6 Å². The highest BCUT2D eigenvalue weighted by molar-refractivity contribution is 5.95. The Kier molecular flexibility index (Phi) is 7.68. The number of aromatic nitrogens is 1. The van der Waals surface area contributed by atoms with E-state index in [2.05, 4.69) is 10.3 Å². The molecule has 0 radical (unpaired) electrons. The van der Waals surface area contributed by atoms with Gasteiger partial charge in [-0.2, -0.15) is 17.6 Å². The summed E-state index contributed by atoms with van der Waals surface area (Å²) in [4.78, 5) is 17.0. The number of halogens is 5. The molecule has 1 amide bonds. The van der Waals surface area contributed by atoms with E-state index in [4.69, 9.17) is 14.6 Å². The van der Waals surface area contributed by atoms with E-state index in [1.165, 1.54) is 26.0 Å². The van der Waals surface area contributed by atoms with Crippen LogP contribution in [0.1, 0.15) is 44.1 Å². The van der Waals surface area contributed by atoms with Crippen molar-refractivity contribution in [1.29, 1.82) is 0 Å². The number of amides is 1. The number of hydrogen-bond acceptors (Lipinski definition) is 6. The summed E-state index contributed by atoms with van der Waals surface area (Å²) < 4.78 is 81.0. The molecule has 1 aliphatic rings. The van der Waals surface area contributed by atoms with E-state index in [1.54, 1.807) is 0 Å². The average molecular weight is 504 g/mol. The number of pyridine rings is 1. The number of hydrogen-bond donors (Lipinski definition) is 3. The number of carbonyl (C=O) groups is 1. The van der Waals surface area contributed by atoms with Gasteiger partial charge in [0.1, 0.15) is 12.2 Å². The van der Waals surface area contributed by atoms with Crippen molar-refractivity contribution in [2.75, 3.05) is 18.5 Å². The van der Waals surface area contributed by atoms with E-state index in [0.717, 1.165) is 25.3 Å². The Balaban J connectivity index is 2.02. The molecule has 0 saturated carbocycles. The number of nitrogens with one attached hydrogen (secondary N) is 1. The summed E-state index contributed by atoms with van der Waals surface area (Å²) in [6, 6.07) is 4.49. The van der Waals surface area contributed by atoms with Gasteiger partial charge >= 0.3 is 6.18 Å². The molecule has 1 saturated heterocycles. The van der Waals surface area contributed by atoms with Gasteiger partial charge in [0.25, 0.3) is 5.91 Å². The van der Waals surface area contributed by atoms with Gasteiger partial charge in [-0.15, -0.1) is 0 Å². The van der Waals surface area contributed by atoms with Gasteiger partial charge in [0.15, 0.2) is 17.2 Å². The van der Waals surface area contributed by atoms with Gasteiger partial charge < -0.3 is 25.0 Å². The van der Waals surface area contributed by atoms with Crippen LogP contribution < -0.4 is 10.1 Å². The second-order valence-electron chi connectivity index (χ2n) is 8.33. The van der Waals surface area contributed by atoms with Gasteiger partial charge in [-0.05, 0) is 32.0 Å². The van der Waals surface area contributed by atoms with E-state index in [9.17, 15) is 31.9 Å². The minimum atomic E-state index is -4.88. The van der Waals surface area contributed by atoms with Crippen LogP contribution in [0.2, 0.25) is 0 Å². The van der Waals surface area contributed by atoms with E-state index < -0.39 is 65.7 Å². The summed E-state index contributed by atoms with van der Waals surface area (Å²) in [5.41, 5.74) is -2.72. The van der Waals surface area contributed by atoms with Crippen LogP contribution in [-0.4, -0.2) is 52.2 Å². The molecule has 12 heteroatoms. The summed E-state index contributed by atoms with van der Waals surface area (Å²) in [5, 5.41) is 21.0. The Morgan fingerprint density at radius 2 is 1.97 bits per heavy atom. The Morgan fingerprint density at radius 1 is 1.29 bits per heavy atom. The Bertz CT molecular complexity index is 1070. The highest BCUT2D eigenvalue weighted by atomic mass is 19.4. The molecular weight excluding hydrogens is 479 g/mol. The molecular formula is C23H25F5N2O5. The molecule has 3 N–H and O–H groups in total. The van der Waals surface area contributed by atoms with Crippen molar-refractivity contribution in [3.8, 4) is 5.75 Å². The van der Waals surface area contributed by atoms with Gasteiger partial charge in [0, 0.05) is 17.4 Å². The molecule has 192 valence electrons. The zero-order valence-electron chi connectivity index (χ0n) is 19.1. The number of benzene rings is 1. The summed E-state index contributed by atoms with van der Waals surface area (Å²) in [6.07, 6.45) is -6.73. The first-order valence-electron chi connectivity index (χ1n) is 10.8. The molecule has 0 aliphatic carbocycles. The van der Waals surface area contributed by atoms with Crippen LogP contribution in [0.4, 0.5) is 27.6 Å². The van der Waals surface area contributed by atoms with E-state index in [0.29, 0.717) is 0 Å². The fourth-order valence-corrected chi connectivity index (χ4v) is 4.11. The summed E-state index contributed by atoms with van der Waals surface area (Å²) in [5.74, 6) is -6.91. The first kappa shape index (κ1) is 26.8. The predicted molar refractivity (Wildman–Crippen MR) is 114 cm³/mol. The van der Waals surface area contributed by atoms with Crippen molar-refractivity contribution in [1.82, 2.24) is 4.98 Å². The number of ether oxygens (including phenoxy) is 2. The van der Waals surface area contributed by atoms with Crippen molar-refractivity contribution in [2.24, 2.45) is 5.92 Å². The topological polar surface area (TPSA) is 101 Å². The zero-order valence-corrected chi connectivity index (χ0v) is 19.1. The molecule has 5 atom stereocenters. The fourth-order valence-electron chi connectivity index (χ4n) is 4.11. The van der Waals surface area contributed by atoms with Gasteiger partial charge in [-0.3, -0.25) is 9.78 Å². The van der Waals surface area contributed by atoms with Gasteiger partial charge in [-0.25, -0.2) is 4.39 Å². The van der Waals surface area contributed by atoms with Crippen LogP contribution in [-0.2, 0) is 9.53 Å². The Labute approximate surface area is 197 Å². The number of nitrogens with zero attached hydrogens (tertiary/aromatic N) is 1. The third-order valence-corrected chi connectivity index (χ3v) is 6.22. The first-order valence-corrected chi connectivity index (χ1v) is 10.8. The molecule has 1 aromatic heterocycles. The minimum absolute atomic E-state index is 0.0785. The van der Waals surface area contributed by atoms with Crippen molar-refractivity contribution in [3.05, 3.63) is 53.4 Å². The van der Waals surface area contributed by atoms with Crippen LogP contribution in [0.5, 0.6) is 5.75 Å². The molecule has 1 aliphatic heterocycles. The standard InChI is InChI=1S/C23H25F5N2O5/c1-4-34-19-13(6-7-14(24)18(19)25)17-11(2)22(3,23(26,27)28)35-20(17)21(33)30-12-5-8-15(29-9-12)16(32)10-31/h5-9,11,16-17,20,31-32H,4,10H2,1-3H3,(H,30,33)/t11-,16+,17-,20+,22+/m0/s1. The summed E-state index contributed by atoms with van der Waals surface area (Å²) in [7, 11) is 0. The second kappa shape index (κ2) is 10.0. The number of alkyl halides is 3. The SMILES string of the molecule is CCOc1c([C@H]2[C@H](C(=O)Nc3ccc([C@H](O)CO)nc3)O[C@@](C)(C(F)(F)F)[C@H]2C)ccc(F)c1F. The third-order valence-electron chi connectivity index (χ3n) is 6.22. The van der Waals surface area contributed by atoms with Crippen molar-refractivity contribution >= 4 is 11.6 Å². The van der Waals surface area contributed by atoms with Gasteiger partial charge in [0.05, 0.1) is 30.8 Å². The highest BCUT2D eigenvalue weighted by Crippen LogP contribution is 2.55. The van der Waals surface area contributed by atoms with Crippen LogP contribution >= 0.6 is 0 Å². The molecule has 0 spiro atoms. The smallest absolute Gasteiger partial charge is 0.417 e. The Hall–Kier alpha value is -2.83. The van der Waals surface area contributed by atoms with Crippen LogP contribution in [0.3, 0.4) is 0 Å². The van der Waals surface area contributed by atoms with Crippen molar-refractivity contribution < 1.29 is 46.4 Å². The van der Waals surface area contributed by atoms with Gasteiger partial charge in [-0.1, -0.05) is 13.0 Å². The van der Waals surface area contributed by atoms with E-state index >= 15 is 0 Å². The second-order valence-corrected chi connectivity index (χ2v) is 8.33.